The summed E-state index contributed by atoms with van der Waals surface area (Å²) >= 11 is 0. The molecule has 0 bridgehead atoms. The summed E-state index contributed by atoms with van der Waals surface area (Å²) in [5, 5.41) is 0. The molecule has 0 amide bonds. The minimum Gasteiger partial charge on any atom is -0.303 e. The summed E-state index contributed by atoms with van der Waals surface area (Å²) < 4.78 is 0. The van der Waals surface area contributed by atoms with Crippen molar-refractivity contribution < 1.29 is 9.59 Å². The molecule has 2 nitrogen and oxygen atoms in total. The Morgan fingerprint density at radius 2 is 2.00 bits per heavy atom. The molecule has 0 aliphatic heterocycles. The highest BCUT2D eigenvalue weighted by atomic mass is 16.1. The number of hydrogen-bond donors (Lipinski definition) is 0. The first-order chi connectivity index (χ1) is 8.93. The minimum absolute atomic E-state index is 0.00843. The van der Waals surface area contributed by atoms with Crippen LogP contribution in [0.2, 0.25) is 0 Å². The summed E-state index contributed by atoms with van der Waals surface area (Å²) in [5.74, 6) is 0.445. The molecule has 0 heterocycles. The number of aldehydes is 1. The van der Waals surface area contributed by atoms with Crippen LogP contribution in [0.5, 0.6) is 0 Å². The molecule has 3 fully saturated rings. The molecule has 104 valence electrons. The maximum atomic E-state index is 12.5. The van der Waals surface area contributed by atoms with Gasteiger partial charge in [-0.2, -0.15) is 0 Å². The third kappa shape index (κ3) is 1.24. The average molecular weight is 260 g/mol. The molecular formula is C17H24O2. The van der Waals surface area contributed by atoms with Crippen LogP contribution in [0.4, 0.5) is 0 Å². The van der Waals surface area contributed by atoms with Crippen LogP contribution in [0.1, 0.15) is 65.7 Å². The Kier molecular flexibility index (Phi) is 2.62. The second kappa shape index (κ2) is 3.80. The molecule has 0 saturated heterocycles. The van der Waals surface area contributed by atoms with Crippen LogP contribution in [0.25, 0.3) is 0 Å². The van der Waals surface area contributed by atoms with Crippen molar-refractivity contribution in [1.82, 2.24) is 0 Å². The lowest BCUT2D eigenvalue weighted by atomic mass is 9.58. The predicted octanol–water partition coefficient (Wildman–Crippen LogP) is 3.84. The van der Waals surface area contributed by atoms with E-state index in [1.807, 2.05) is 0 Å². The Labute approximate surface area is 115 Å². The SMILES string of the molecule is CC(C)=C1C[C@@]2(C)C(=O)CC[C@]23CCC[C@]13CC=O. The second-order valence-corrected chi connectivity index (χ2v) is 7.30. The predicted molar refractivity (Wildman–Crippen MR) is 74.7 cm³/mol. The topological polar surface area (TPSA) is 34.1 Å². The molecule has 3 rings (SSSR count). The third-order valence-corrected chi connectivity index (χ3v) is 6.72. The van der Waals surface area contributed by atoms with Crippen LogP contribution in [0.3, 0.4) is 0 Å². The van der Waals surface area contributed by atoms with Crippen LogP contribution in [0, 0.1) is 16.2 Å². The van der Waals surface area contributed by atoms with Gasteiger partial charge in [0, 0.05) is 23.7 Å². The highest BCUT2D eigenvalue weighted by molar-refractivity contribution is 5.90. The van der Waals surface area contributed by atoms with Crippen LogP contribution in [0.15, 0.2) is 11.1 Å². The van der Waals surface area contributed by atoms with Gasteiger partial charge in [-0.15, -0.1) is 0 Å². The molecule has 3 aliphatic carbocycles. The minimum atomic E-state index is -0.195. The number of Topliss-reactive ketones (excluding diaryl/α,β-unsaturated/α-hetero) is 1. The van der Waals surface area contributed by atoms with Crippen molar-refractivity contribution in [1.29, 1.82) is 0 Å². The van der Waals surface area contributed by atoms with Crippen LogP contribution >= 0.6 is 0 Å². The van der Waals surface area contributed by atoms with Gasteiger partial charge < -0.3 is 4.79 Å². The first kappa shape index (κ1) is 13.1. The normalized spacial score (nSPS) is 44.4. The van der Waals surface area contributed by atoms with Crippen LogP contribution in [-0.2, 0) is 9.59 Å². The van der Waals surface area contributed by atoms with E-state index in [1.54, 1.807) is 0 Å². The molecule has 0 N–H and O–H groups in total. The number of allylic oxidation sites excluding steroid dienone is 2. The maximum Gasteiger partial charge on any atom is 0.139 e. The fourth-order valence-electron chi connectivity index (χ4n) is 5.93. The summed E-state index contributed by atoms with van der Waals surface area (Å²) in [6, 6.07) is 0. The number of rotatable bonds is 2. The Hall–Kier alpha value is -0.920. The molecule has 2 heteroatoms. The molecule has 19 heavy (non-hydrogen) atoms. The van der Waals surface area contributed by atoms with Gasteiger partial charge in [0.1, 0.15) is 12.1 Å². The van der Waals surface area contributed by atoms with Gasteiger partial charge in [0.2, 0.25) is 0 Å². The zero-order valence-electron chi connectivity index (χ0n) is 12.3. The van der Waals surface area contributed by atoms with E-state index < -0.39 is 0 Å². The van der Waals surface area contributed by atoms with Crippen molar-refractivity contribution in [3.63, 3.8) is 0 Å². The monoisotopic (exact) mass is 260 g/mol. The van der Waals surface area contributed by atoms with Crippen molar-refractivity contribution in [2.75, 3.05) is 0 Å². The number of ketones is 1. The fourth-order valence-corrected chi connectivity index (χ4v) is 5.93. The van der Waals surface area contributed by atoms with Crippen LogP contribution in [-0.4, -0.2) is 12.1 Å². The number of hydrogen-bond acceptors (Lipinski definition) is 2. The molecule has 0 aromatic heterocycles. The average Bonchev–Trinajstić information content (AvgIpc) is 2.89. The van der Waals surface area contributed by atoms with E-state index in [9.17, 15) is 9.59 Å². The van der Waals surface area contributed by atoms with E-state index >= 15 is 0 Å². The second-order valence-electron chi connectivity index (χ2n) is 7.30. The molecule has 0 aromatic carbocycles. The maximum absolute atomic E-state index is 12.5. The number of carbonyl (C=O) groups is 2. The lowest BCUT2D eigenvalue weighted by Crippen LogP contribution is -2.41. The molecule has 0 aromatic rings. The molecule has 0 radical (unpaired) electrons. The van der Waals surface area contributed by atoms with Gasteiger partial charge in [0.25, 0.3) is 0 Å². The summed E-state index contributed by atoms with van der Waals surface area (Å²) in [7, 11) is 0. The molecule has 3 aliphatic rings. The van der Waals surface area contributed by atoms with Crippen molar-refractivity contribution >= 4 is 12.1 Å². The van der Waals surface area contributed by atoms with Gasteiger partial charge >= 0.3 is 0 Å². The zero-order valence-corrected chi connectivity index (χ0v) is 12.3. The smallest absolute Gasteiger partial charge is 0.139 e. The lowest BCUT2D eigenvalue weighted by Gasteiger charge is -2.44. The Morgan fingerprint density at radius 1 is 1.26 bits per heavy atom. The quantitative estimate of drug-likeness (QED) is 0.558. The van der Waals surface area contributed by atoms with E-state index in [4.69, 9.17) is 0 Å². The van der Waals surface area contributed by atoms with Crippen molar-refractivity contribution in [3.05, 3.63) is 11.1 Å². The van der Waals surface area contributed by atoms with E-state index in [1.165, 1.54) is 17.6 Å². The Balaban J connectivity index is 2.25. The Morgan fingerprint density at radius 3 is 2.63 bits per heavy atom. The van der Waals surface area contributed by atoms with Gasteiger partial charge in [-0.25, -0.2) is 0 Å². The zero-order chi connectivity index (χ0) is 13.9. The largest absolute Gasteiger partial charge is 0.303 e. The summed E-state index contributed by atoms with van der Waals surface area (Å²) in [6.07, 6.45) is 7.78. The first-order valence-corrected chi connectivity index (χ1v) is 7.57. The third-order valence-electron chi connectivity index (χ3n) is 6.72. The van der Waals surface area contributed by atoms with E-state index in [0.29, 0.717) is 12.2 Å². The molecule has 0 unspecified atom stereocenters. The molecule has 3 atom stereocenters. The van der Waals surface area contributed by atoms with Gasteiger partial charge in [-0.1, -0.05) is 24.5 Å². The van der Waals surface area contributed by atoms with Gasteiger partial charge in [-0.3, -0.25) is 4.79 Å². The van der Waals surface area contributed by atoms with E-state index in [-0.39, 0.29) is 16.2 Å². The van der Waals surface area contributed by atoms with Crippen molar-refractivity contribution in [2.45, 2.75) is 65.7 Å². The highest BCUT2D eigenvalue weighted by Crippen LogP contribution is 2.78. The lowest BCUT2D eigenvalue weighted by molar-refractivity contribution is -0.129. The van der Waals surface area contributed by atoms with Gasteiger partial charge in [0.05, 0.1) is 0 Å². The fraction of sp³-hybridized carbons (Fsp3) is 0.765. The molecule has 1 spiro atoms. The number of carbonyl (C=O) groups excluding carboxylic acids is 2. The Bertz CT molecular complexity index is 485. The van der Waals surface area contributed by atoms with Crippen LogP contribution < -0.4 is 0 Å². The molecule has 3 saturated carbocycles. The van der Waals surface area contributed by atoms with Gasteiger partial charge in [-0.05, 0) is 44.9 Å². The summed E-state index contributed by atoms with van der Waals surface area (Å²) in [4.78, 5) is 23.8. The molecular weight excluding hydrogens is 236 g/mol. The van der Waals surface area contributed by atoms with E-state index in [2.05, 4.69) is 20.8 Å². The highest BCUT2D eigenvalue weighted by Gasteiger charge is 2.73. The summed E-state index contributed by atoms with van der Waals surface area (Å²) in [5.41, 5.74) is 2.68. The summed E-state index contributed by atoms with van der Waals surface area (Å²) in [6.45, 7) is 6.49. The first-order valence-electron chi connectivity index (χ1n) is 7.57. The van der Waals surface area contributed by atoms with Crippen molar-refractivity contribution in [3.8, 4) is 0 Å². The standard InChI is InChI=1S/C17H24O2/c1-12(2)13-11-15(3)14(19)5-8-17(15)7-4-6-16(13,17)9-10-18/h10H,4-9,11H2,1-3H3/t15-,16-,17+/m0/s1. The van der Waals surface area contributed by atoms with Crippen molar-refractivity contribution in [2.24, 2.45) is 16.2 Å². The van der Waals surface area contributed by atoms with E-state index in [0.717, 1.165) is 38.4 Å². The van der Waals surface area contributed by atoms with Gasteiger partial charge in [0.15, 0.2) is 0 Å².